The van der Waals surface area contributed by atoms with Crippen molar-refractivity contribution in [3.63, 3.8) is 0 Å². The molecule has 0 spiro atoms. The zero-order valence-corrected chi connectivity index (χ0v) is 10.1. The van der Waals surface area contributed by atoms with Crippen molar-refractivity contribution in [2.45, 2.75) is 25.2 Å². The molecule has 0 N–H and O–H groups in total. The molecule has 0 heterocycles. The van der Waals surface area contributed by atoms with Crippen LogP contribution in [0, 0.1) is 0 Å². The van der Waals surface area contributed by atoms with Crippen LogP contribution >= 0.6 is 0 Å². The highest BCUT2D eigenvalue weighted by Crippen LogP contribution is 2.36. The molecule has 20 heavy (non-hydrogen) atoms. The number of hydrogen-bond donors (Lipinski definition) is 0. The fourth-order valence-corrected chi connectivity index (χ4v) is 2.02. The van der Waals surface area contributed by atoms with Crippen molar-refractivity contribution in [2.75, 3.05) is 0 Å². The molecule has 0 radical (unpaired) electrons. The van der Waals surface area contributed by atoms with Crippen LogP contribution in [0.25, 0.3) is 5.57 Å². The van der Waals surface area contributed by atoms with Crippen molar-refractivity contribution in [3.8, 4) is 0 Å². The van der Waals surface area contributed by atoms with Crippen LogP contribution in [0.2, 0.25) is 0 Å². The summed E-state index contributed by atoms with van der Waals surface area (Å²) < 4.78 is 75.6. The summed E-state index contributed by atoms with van der Waals surface area (Å²) in [6.45, 7) is 0. The van der Waals surface area contributed by atoms with Crippen LogP contribution in [0.4, 0.5) is 26.3 Å². The predicted molar refractivity (Wildman–Crippen MR) is 62.8 cm³/mol. The van der Waals surface area contributed by atoms with Gasteiger partial charge in [-0.05, 0) is 42.2 Å². The van der Waals surface area contributed by atoms with Crippen LogP contribution in [0.15, 0.2) is 42.0 Å². The number of halogens is 6. The highest BCUT2D eigenvalue weighted by atomic mass is 19.4. The first kappa shape index (κ1) is 14.7. The summed E-state index contributed by atoms with van der Waals surface area (Å²) in [4.78, 5) is 0. The maximum atomic E-state index is 12.6. The van der Waals surface area contributed by atoms with E-state index in [2.05, 4.69) is 0 Å². The van der Waals surface area contributed by atoms with Gasteiger partial charge in [-0.2, -0.15) is 26.3 Å². The van der Waals surface area contributed by atoms with E-state index in [1.165, 1.54) is 12.1 Å². The molecule has 108 valence electrons. The number of alkyl halides is 6. The van der Waals surface area contributed by atoms with Crippen molar-refractivity contribution in [3.05, 3.63) is 53.1 Å². The van der Waals surface area contributed by atoms with E-state index in [0.29, 0.717) is 6.42 Å². The number of benzene rings is 1. The number of allylic oxidation sites excluding steroid dienone is 4. The van der Waals surface area contributed by atoms with Gasteiger partial charge in [-0.15, -0.1) is 0 Å². The zero-order chi connectivity index (χ0) is 15.0. The quantitative estimate of drug-likeness (QED) is 0.610. The lowest BCUT2D eigenvalue weighted by molar-refractivity contribution is -0.137. The standard InChI is InChI=1S/C14H10F6/c15-13(16,17)11-5-1-3-9(7-11)10-4-2-6-12(8-10)14(18,19)20/h1,3,5-8H,2,4H2. The van der Waals surface area contributed by atoms with Gasteiger partial charge < -0.3 is 0 Å². The first-order valence-corrected chi connectivity index (χ1v) is 5.83. The Kier molecular flexibility index (Phi) is 3.67. The minimum Gasteiger partial charge on any atom is -0.166 e. The first-order valence-electron chi connectivity index (χ1n) is 5.83. The second-order valence-electron chi connectivity index (χ2n) is 4.44. The normalized spacial score (nSPS) is 16.7. The van der Waals surface area contributed by atoms with Gasteiger partial charge in [0.05, 0.1) is 11.1 Å². The van der Waals surface area contributed by atoms with Gasteiger partial charge in [0.2, 0.25) is 0 Å². The Bertz CT molecular complexity index is 560. The average molecular weight is 292 g/mol. The largest absolute Gasteiger partial charge is 0.416 e. The van der Waals surface area contributed by atoms with Gasteiger partial charge in [0.25, 0.3) is 0 Å². The molecule has 0 saturated carbocycles. The first-order chi connectivity index (χ1) is 9.18. The molecule has 0 aromatic heterocycles. The van der Waals surface area contributed by atoms with Crippen molar-refractivity contribution in [1.82, 2.24) is 0 Å². The van der Waals surface area contributed by atoms with E-state index >= 15 is 0 Å². The van der Waals surface area contributed by atoms with E-state index < -0.39 is 23.5 Å². The Balaban J connectivity index is 2.38. The third-order valence-electron chi connectivity index (χ3n) is 3.00. The molecule has 0 saturated heterocycles. The Morgan fingerprint density at radius 1 is 0.900 bits per heavy atom. The molecule has 1 aromatic carbocycles. The Hall–Kier alpha value is -1.72. The van der Waals surface area contributed by atoms with Crippen LogP contribution in [0.3, 0.4) is 0 Å². The molecule has 1 aliphatic rings. The van der Waals surface area contributed by atoms with Gasteiger partial charge in [-0.25, -0.2) is 0 Å². The van der Waals surface area contributed by atoms with Crippen LogP contribution < -0.4 is 0 Å². The van der Waals surface area contributed by atoms with Crippen LogP contribution in [-0.2, 0) is 6.18 Å². The Morgan fingerprint density at radius 3 is 2.20 bits per heavy atom. The van der Waals surface area contributed by atoms with Crippen molar-refractivity contribution < 1.29 is 26.3 Å². The fourth-order valence-electron chi connectivity index (χ4n) is 2.02. The lowest BCUT2D eigenvalue weighted by Gasteiger charge is -2.17. The molecule has 0 bridgehead atoms. The van der Waals surface area contributed by atoms with E-state index in [1.807, 2.05) is 0 Å². The predicted octanol–water partition coefficient (Wildman–Crippen LogP) is 5.37. The van der Waals surface area contributed by atoms with Gasteiger partial charge in [0.1, 0.15) is 0 Å². The van der Waals surface area contributed by atoms with Crippen molar-refractivity contribution in [2.24, 2.45) is 0 Å². The molecule has 0 nitrogen and oxygen atoms in total. The van der Waals surface area contributed by atoms with Crippen LogP contribution in [0.5, 0.6) is 0 Å². The molecule has 2 rings (SSSR count). The molecule has 0 unspecified atom stereocenters. The van der Waals surface area contributed by atoms with E-state index in [-0.39, 0.29) is 17.6 Å². The number of hydrogen-bond acceptors (Lipinski definition) is 0. The van der Waals surface area contributed by atoms with Gasteiger partial charge in [0, 0.05) is 0 Å². The average Bonchev–Trinajstić information content (AvgIpc) is 2.37. The van der Waals surface area contributed by atoms with Crippen molar-refractivity contribution >= 4 is 5.57 Å². The maximum absolute atomic E-state index is 12.6. The van der Waals surface area contributed by atoms with E-state index in [4.69, 9.17) is 0 Å². The van der Waals surface area contributed by atoms with Gasteiger partial charge >= 0.3 is 12.4 Å². The third kappa shape index (κ3) is 3.23. The van der Waals surface area contributed by atoms with Gasteiger partial charge in [0.15, 0.2) is 0 Å². The van der Waals surface area contributed by atoms with E-state index in [1.54, 1.807) is 0 Å². The molecular weight excluding hydrogens is 282 g/mol. The summed E-state index contributed by atoms with van der Waals surface area (Å²) in [6, 6.07) is 4.36. The molecule has 0 aliphatic heterocycles. The van der Waals surface area contributed by atoms with Crippen molar-refractivity contribution in [1.29, 1.82) is 0 Å². The molecule has 1 aromatic rings. The second kappa shape index (κ2) is 5.00. The van der Waals surface area contributed by atoms with Crippen LogP contribution in [0.1, 0.15) is 24.0 Å². The van der Waals surface area contributed by atoms with Gasteiger partial charge in [-0.1, -0.05) is 18.2 Å². The fraction of sp³-hybridized carbons (Fsp3) is 0.286. The highest BCUT2D eigenvalue weighted by molar-refractivity contribution is 5.70. The molecule has 1 aliphatic carbocycles. The lowest BCUT2D eigenvalue weighted by Crippen LogP contribution is -2.12. The summed E-state index contributed by atoms with van der Waals surface area (Å²) in [5.41, 5.74) is -1.23. The summed E-state index contributed by atoms with van der Waals surface area (Å²) in [5.74, 6) is 0. The second-order valence-corrected chi connectivity index (χ2v) is 4.44. The maximum Gasteiger partial charge on any atom is 0.416 e. The molecule has 0 fully saturated rings. The molecule has 6 heteroatoms. The summed E-state index contributed by atoms with van der Waals surface area (Å²) in [6.07, 6.45) is -6.56. The SMILES string of the molecule is FC(F)(F)C1=CCCC(c2cccc(C(F)(F)F)c2)=C1. The van der Waals surface area contributed by atoms with E-state index in [9.17, 15) is 26.3 Å². The summed E-state index contributed by atoms with van der Waals surface area (Å²) >= 11 is 0. The minimum absolute atomic E-state index is 0.164. The molecule has 0 atom stereocenters. The summed E-state index contributed by atoms with van der Waals surface area (Å²) in [7, 11) is 0. The number of rotatable bonds is 1. The minimum atomic E-state index is -4.51. The van der Waals surface area contributed by atoms with Gasteiger partial charge in [-0.3, -0.25) is 0 Å². The Labute approximate surface area is 111 Å². The smallest absolute Gasteiger partial charge is 0.166 e. The molecular formula is C14H10F6. The Morgan fingerprint density at radius 2 is 1.60 bits per heavy atom. The van der Waals surface area contributed by atoms with E-state index in [0.717, 1.165) is 24.3 Å². The van der Waals surface area contributed by atoms with Crippen LogP contribution in [-0.4, -0.2) is 6.18 Å². The zero-order valence-electron chi connectivity index (χ0n) is 10.1. The summed E-state index contributed by atoms with van der Waals surface area (Å²) in [5, 5.41) is 0. The third-order valence-corrected chi connectivity index (χ3v) is 3.00. The molecule has 0 amide bonds. The monoisotopic (exact) mass is 292 g/mol. The highest BCUT2D eigenvalue weighted by Gasteiger charge is 2.34. The topological polar surface area (TPSA) is 0 Å². The lowest BCUT2D eigenvalue weighted by atomic mass is 9.92.